The lowest BCUT2D eigenvalue weighted by molar-refractivity contribution is 0.0255. The summed E-state index contributed by atoms with van der Waals surface area (Å²) in [5, 5.41) is 7.04. The molecule has 7 heteroatoms. The molecule has 2 rings (SSSR count). The van der Waals surface area contributed by atoms with E-state index in [1.54, 1.807) is 15.8 Å². The first-order chi connectivity index (χ1) is 9.89. The van der Waals surface area contributed by atoms with Crippen molar-refractivity contribution < 1.29 is 9.53 Å². The van der Waals surface area contributed by atoms with E-state index < -0.39 is 5.60 Å². The third-order valence-electron chi connectivity index (χ3n) is 3.42. The molecule has 0 saturated carbocycles. The van der Waals surface area contributed by atoms with Gasteiger partial charge in [-0.05, 0) is 45.2 Å². The molecule has 1 aliphatic heterocycles. The first-order valence-corrected chi connectivity index (χ1v) is 7.24. The van der Waals surface area contributed by atoms with Gasteiger partial charge in [0.2, 0.25) is 0 Å². The number of ether oxygens (including phenoxy) is 1. The second-order valence-electron chi connectivity index (χ2n) is 6.32. The Kier molecular flexibility index (Phi) is 4.59. The first kappa shape index (κ1) is 15.5. The average Bonchev–Trinajstić information content (AvgIpc) is 2.73. The number of hydrogen-bond acceptors (Lipinski definition) is 5. The van der Waals surface area contributed by atoms with Gasteiger partial charge in [-0.25, -0.2) is 4.79 Å². The maximum absolute atomic E-state index is 12.1. The smallest absolute Gasteiger partial charge is 0.410 e. The number of hydrogen-bond donors (Lipinski definition) is 0. The average molecular weight is 294 g/mol. The zero-order valence-corrected chi connectivity index (χ0v) is 12.8. The summed E-state index contributed by atoms with van der Waals surface area (Å²) in [6.45, 7) is 6.91. The summed E-state index contributed by atoms with van der Waals surface area (Å²) < 4.78 is 7.18. The number of carbonyl (C=O) groups excluding carboxylic acids is 1. The van der Waals surface area contributed by atoms with E-state index >= 15 is 0 Å². The molecule has 1 fully saturated rings. The quantitative estimate of drug-likeness (QED) is 0.784. The van der Waals surface area contributed by atoms with Gasteiger partial charge in [-0.1, -0.05) is 0 Å². The van der Waals surface area contributed by atoms with Crippen molar-refractivity contribution in [1.29, 1.82) is 0 Å². The van der Waals surface area contributed by atoms with Crippen molar-refractivity contribution in [3.63, 3.8) is 0 Å². The van der Waals surface area contributed by atoms with Gasteiger partial charge in [0, 0.05) is 13.1 Å². The molecule has 7 nitrogen and oxygen atoms in total. The Hall–Kier alpha value is -1.92. The number of amides is 1. The van der Waals surface area contributed by atoms with Gasteiger partial charge in [0.15, 0.2) is 0 Å². The third kappa shape index (κ3) is 4.27. The van der Waals surface area contributed by atoms with E-state index in [0.717, 1.165) is 19.3 Å². The largest absolute Gasteiger partial charge is 0.444 e. The molecule has 1 saturated heterocycles. The fourth-order valence-corrected chi connectivity index (χ4v) is 2.43. The molecule has 1 amide bonds. The van der Waals surface area contributed by atoms with E-state index in [1.807, 2.05) is 20.8 Å². The molecule has 1 aromatic rings. The molecule has 1 aromatic heterocycles. The predicted molar refractivity (Wildman–Crippen MR) is 78.4 cm³/mol. The van der Waals surface area contributed by atoms with Crippen LogP contribution in [0.15, 0.2) is 17.6 Å². The molecule has 1 unspecified atom stereocenters. The van der Waals surface area contributed by atoms with Gasteiger partial charge in [0.05, 0.1) is 18.4 Å². The fraction of sp³-hybridized carbons (Fsp3) is 0.714. The maximum Gasteiger partial charge on any atom is 0.410 e. The Bertz CT molecular complexity index is 507. The van der Waals surface area contributed by atoms with Crippen LogP contribution in [0.4, 0.5) is 10.5 Å². The van der Waals surface area contributed by atoms with Crippen LogP contribution in [-0.2, 0) is 4.74 Å². The van der Waals surface area contributed by atoms with Gasteiger partial charge in [-0.15, -0.1) is 4.91 Å². The molecule has 21 heavy (non-hydrogen) atoms. The Morgan fingerprint density at radius 2 is 2.14 bits per heavy atom. The summed E-state index contributed by atoms with van der Waals surface area (Å²) in [4.78, 5) is 24.3. The van der Waals surface area contributed by atoms with E-state index in [2.05, 4.69) is 10.3 Å². The lowest BCUT2D eigenvalue weighted by Gasteiger charge is -2.26. The molecule has 0 N–H and O–H groups in total. The van der Waals surface area contributed by atoms with Crippen LogP contribution < -0.4 is 0 Å². The summed E-state index contributed by atoms with van der Waals surface area (Å²) >= 11 is 0. The molecule has 0 radical (unpaired) electrons. The summed E-state index contributed by atoms with van der Waals surface area (Å²) in [6, 6.07) is 0.188. The molecule has 116 valence electrons. The molecule has 0 aliphatic carbocycles. The lowest BCUT2D eigenvalue weighted by Crippen LogP contribution is -2.37. The van der Waals surface area contributed by atoms with Crippen molar-refractivity contribution in [2.24, 2.45) is 5.18 Å². The molecule has 0 bridgehead atoms. The van der Waals surface area contributed by atoms with Crippen molar-refractivity contribution in [3.05, 3.63) is 17.3 Å². The molecule has 2 heterocycles. The van der Waals surface area contributed by atoms with Gasteiger partial charge in [-0.3, -0.25) is 4.68 Å². The van der Waals surface area contributed by atoms with Crippen LogP contribution in [0.5, 0.6) is 0 Å². The Labute approximate surface area is 124 Å². The lowest BCUT2D eigenvalue weighted by atomic mass is 10.1. The van der Waals surface area contributed by atoms with Crippen LogP contribution in [0.1, 0.15) is 46.1 Å². The van der Waals surface area contributed by atoms with Gasteiger partial charge < -0.3 is 9.64 Å². The minimum absolute atomic E-state index is 0.188. The normalized spacial score (nSPS) is 20.0. The molecular formula is C14H22N4O3. The standard InChI is InChI=1S/C14H22N4O3/c1-14(2,3)21-13(19)17-7-4-5-12(6-8-17)18-10-11(16-20)9-15-18/h9-10,12H,4-8H2,1-3H3. The van der Waals surface area contributed by atoms with E-state index in [9.17, 15) is 9.70 Å². The van der Waals surface area contributed by atoms with Crippen LogP contribution in [0.25, 0.3) is 0 Å². The fourth-order valence-electron chi connectivity index (χ4n) is 2.43. The number of nitrogens with zero attached hydrogens (tertiary/aromatic N) is 4. The summed E-state index contributed by atoms with van der Waals surface area (Å²) in [5.41, 5.74) is -0.141. The zero-order valence-electron chi connectivity index (χ0n) is 12.8. The molecular weight excluding hydrogens is 272 g/mol. The zero-order chi connectivity index (χ0) is 15.5. The van der Waals surface area contributed by atoms with E-state index in [-0.39, 0.29) is 12.1 Å². The van der Waals surface area contributed by atoms with Crippen molar-refractivity contribution in [2.75, 3.05) is 13.1 Å². The molecule has 1 atom stereocenters. The Morgan fingerprint density at radius 1 is 1.38 bits per heavy atom. The molecule has 0 aromatic carbocycles. The number of nitroso groups, excluding NO2 is 1. The van der Waals surface area contributed by atoms with Gasteiger partial charge in [0.25, 0.3) is 0 Å². The third-order valence-corrected chi connectivity index (χ3v) is 3.42. The van der Waals surface area contributed by atoms with Gasteiger partial charge in [-0.2, -0.15) is 5.10 Å². The van der Waals surface area contributed by atoms with Crippen molar-refractivity contribution >= 4 is 11.8 Å². The van der Waals surface area contributed by atoms with Crippen molar-refractivity contribution in [3.8, 4) is 0 Å². The highest BCUT2D eigenvalue weighted by molar-refractivity contribution is 5.68. The van der Waals surface area contributed by atoms with Crippen LogP contribution in [0, 0.1) is 4.91 Å². The summed E-state index contributed by atoms with van der Waals surface area (Å²) in [6.07, 6.45) is 5.44. The maximum atomic E-state index is 12.1. The number of rotatable bonds is 2. The van der Waals surface area contributed by atoms with Crippen molar-refractivity contribution in [1.82, 2.24) is 14.7 Å². The van der Waals surface area contributed by atoms with Crippen LogP contribution >= 0.6 is 0 Å². The van der Waals surface area contributed by atoms with Gasteiger partial charge >= 0.3 is 6.09 Å². The molecule has 0 spiro atoms. The topological polar surface area (TPSA) is 76.8 Å². The summed E-state index contributed by atoms with van der Waals surface area (Å²) in [7, 11) is 0. The number of carbonyl (C=O) groups is 1. The van der Waals surface area contributed by atoms with E-state index in [0.29, 0.717) is 18.8 Å². The Morgan fingerprint density at radius 3 is 2.76 bits per heavy atom. The van der Waals surface area contributed by atoms with E-state index in [1.165, 1.54) is 6.20 Å². The van der Waals surface area contributed by atoms with Crippen LogP contribution in [0.2, 0.25) is 0 Å². The monoisotopic (exact) mass is 294 g/mol. The molecule has 1 aliphatic rings. The second kappa shape index (κ2) is 6.24. The number of aromatic nitrogens is 2. The predicted octanol–water partition coefficient (Wildman–Crippen LogP) is 3.24. The summed E-state index contributed by atoms with van der Waals surface area (Å²) in [5.74, 6) is 0. The van der Waals surface area contributed by atoms with Gasteiger partial charge in [0.1, 0.15) is 11.3 Å². The van der Waals surface area contributed by atoms with Crippen LogP contribution in [-0.4, -0.2) is 39.5 Å². The second-order valence-corrected chi connectivity index (χ2v) is 6.32. The van der Waals surface area contributed by atoms with Crippen LogP contribution in [0.3, 0.4) is 0 Å². The minimum Gasteiger partial charge on any atom is -0.444 e. The highest BCUT2D eigenvalue weighted by Crippen LogP contribution is 2.24. The highest BCUT2D eigenvalue weighted by atomic mass is 16.6. The number of likely N-dealkylation sites (tertiary alicyclic amines) is 1. The SMILES string of the molecule is CC(C)(C)OC(=O)N1CCCC(n2cc(N=O)cn2)CC1. The Balaban J connectivity index is 1.95. The minimum atomic E-state index is -0.477. The van der Waals surface area contributed by atoms with Crippen molar-refractivity contribution in [2.45, 2.75) is 51.7 Å². The highest BCUT2D eigenvalue weighted by Gasteiger charge is 2.26. The van der Waals surface area contributed by atoms with E-state index in [4.69, 9.17) is 4.74 Å². The first-order valence-electron chi connectivity index (χ1n) is 7.24.